The highest BCUT2D eigenvalue weighted by Gasteiger charge is 2.05. The minimum atomic E-state index is -1.82. The summed E-state index contributed by atoms with van der Waals surface area (Å²) in [7, 11) is 3.40. The predicted molar refractivity (Wildman–Crippen MR) is 102 cm³/mol. The fourth-order valence-electron chi connectivity index (χ4n) is 1.98. The summed E-state index contributed by atoms with van der Waals surface area (Å²) in [6.45, 7) is 7.23. The maximum atomic E-state index is 9.10. The van der Waals surface area contributed by atoms with Gasteiger partial charge in [0.05, 0.1) is 13.7 Å². The van der Waals surface area contributed by atoms with Crippen LogP contribution in [-0.4, -0.2) is 62.7 Å². The van der Waals surface area contributed by atoms with Crippen molar-refractivity contribution in [2.24, 2.45) is 0 Å². The molecule has 1 aromatic rings. The van der Waals surface area contributed by atoms with Crippen molar-refractivity contribution in [1.29, 1.82) is 0 Å². The van der Waals surface area contributed by atoms with E-state index in [2.05, 4.69) is 11.9 Å². The summed E-state index contributed by atoms with van der Waals surface area (Å²) in [5.74, 6) is -1.89. The minimum Gasteiger partial charge on any atom is -0.497 e. The molecule has 0 atom stereocenters. The van der Waals surface area contributed by atoms with E-state index in [0.29, 0.717) is 6.61 Å². The third-order valence-corrected chi connectivity index (χ3v) is 3.27. The number of nitrogens with one attached hydrogen (secondary N) is 1. The Morgan fingerprint density at radius 2 is 1.74 bits per heavy atom. The van der Waals surface area contributed by atoms with Gasteiger partial charge in [-0.2, -0.15) is 0 Å². The Balaban J connectivity index is 0.000000972. The van der Waals surface area contributed by atoms with Crippen molar-refractivity contribution in [2.45, 2.75) is 19.3 Å². The van der Waals surface area contributed by atoms with E-state index >= 15 is 0 Å². The zero-order valence-electron chi connectivity index (χ0n) is 15.9. The number of aliphatic carboxylic acids is 2. The first-order chi connectivity index (χ1) is 13.0. The highest BCUT2D eigenvalue weighted by molar-refractivity contribution is 6.27. The van der Waals surface area contributed by atoms with E-state index in [1.807, 2.05) is 24.3 Å². The Kier molecular flexibility index (Phi) is 14.2. The third kappa shape index (κ3) is 12.4. The predicted octanol–water partition coefficient (Wildman–Crippen LogP) is 1.97. The molecule has 0 spiro atoms. The molecule has 0 saturated heterocycles. The van der Waals surface area contributed by atoms with Crippen LogP contribution in [0.4, 0.5) is 0 Å². The lowest BCUT2D eigenvalue weighted by molar-refractivity contribution is -0.159. The molecular weight excluding hydrogens is 354 g/mol. The van der Waals surface area contributed by atoms with Gasteiger partial charge >= 0.3 is 11.9 Å². The van der Waals surface area contributed by atoms with Crippen molar-refractivity contribution in [2.75, 3.05) is 40.5 Å². The van der Waals surface area contributed by atoms with Crippen LogP contribution in [0.2, 0.25) is 0 Å². The summed E-state index contributed by atoms with van der Waals surface area (Å²) in [5, 5.41) is 18.2. The quantitative estimate of drug-likeness (QED) is 0.285. The van der Waals surface area contributed by atoms with Crippen LogP contribution in [0.5, 0.6) is 11.5 Å². The topological polar surface area (TPSA) is 114 Å². The number of carboxylic acids is 2. The molecule has 0 heterocycles. The van der Waals surface area contributed by atoms with Gasteiger partial charge in [0, 0.05) is 19.3 Å². The number of allylic oxidation sites excluding steroid dienone is 1. The number of rotatable bonds is 12. The smallest absolute Gasteiger partial charge is 0.414 e. The van der Waals surface area contributed by atoms with Crippen LogP contribution in [0.15, 0.2) is 30.9 Å². The van der Waals surface area contributed by atoms with Crippen LogP contribution in [0.3, 0.4) is 0 Å². The van der Waals surface area contributed by atoms with Gasteiger partial charge in [-0.05, 0) is 50.6 Å². The van der Waals surface area contributed by atoms with Crippen LogP contribution in [0.1, 0.15) is 18.4 Å². The van der Waals surface area contributed by atoms with Crippen LogP contribution >= 0.6 is 0 Å². The SMILES string of the molecule is C=CCc1cc(OC)ccc1OCCCNCCCOC.O=C(O)C(=O)O. The average Bonchev–Trinajstić information content (AvgIpc) is 2.65. The fourth-order valence-corrected chi connectivity index (χ4v) is 1.98. The van der Waals surface area contributed by atoms with Crippen molar-refractivity contribution in [3.8, 4) is 11.5 Å². The van der Waals surface area contributed by atoms with Gasteiger partial charge < -0.3 is 29.7 Å². The highest BCUT2D eigenvalue weighted by atomic mass is 16.5. The molecule has 0 saturated carbocycles. The second-order valence-electron chi connectivity index (χ2n) is 5.38. The van der Waals surface area contributed by atoms with Crippen molar-refractivity contribution >= 4 is 11.9 Å². The maximum absolute atomic E-state index is 9.10. The number of benzene rings is 1. The average molecular weight is 383 g/mol. The molecule has 3 N–H and O–H groups in total. The van der Waals surface area contributed by atoms with Crippen LogP contribution < -0.4 is 14.8 Å². The summed E-state index contributed by atoms with van der Waals surface area (Å²) in [6.07, 6.45) is 4.67. The van der Waals surface area contributed by atoms with Crippen molar-refractivity contribution in [3.63, 3.8) is 0 Å². The number of methoxy groups -OCH3 is 2. The Bertz CT molecular complexity index is 563. The molecule has 0 amide bonds. The van der Waals surface area contributed by atoms with Crippen LogP contribution in [0.25, 0.3) is 0 Å². The lowest BCUT2D eigenvalue weighted by atomic mass is 10.1. The van der Waals surface area contributed by atoms with Crippen LogP contribution in [-0.2, 0) is 20.7 Å². The van der Waals surface area contributed by atoms with Gasteiger partial charge in [-0.25, -0.2) is 9.59 Å². The monoisotopic (exact) mass is 383 g/mol. The summed E-state index contributed by atoms with van der Waals surface area (Å²) < 4.78 is 16.1. The molecule has 0 aliphatic carbocycles. The van der Waals surface area contributed by atoms with Gasteiger partial charge in [-0.3, -0.25) is 0 Å². The van der Waals surface area contributed by atoms with Gasteiger partial charge in [0.1, 0.15) is 11.5 Å². The molecule has 1 rings (SSSR count). The molecule has 27 heavy (non-hydrogen) atoms. The summed E-state index contributed by atoms with van der Waals surface area (Å²) in [4.78, 5) is 18.2. The van der Waals surface area contributed by atoms with Crippen molar-refractivity contribution in [3.05, 3.63) is 36.4 Å². The number of hydrogen-bond acceptors (Lipinski definition) is 6. The molecular formula is C19H29NO7. The third-order valence-electron chi connectivity index (χ3n) is 3.27. The lowest BCUT2D eigenvalue weighted by Crippen LogP contribution is -2.19. The summed E-state index contributed by atoms with van der Waals surface area (Å²) >= 11 is 0. The van der Waals surface area contributed by atoms with E-state index in [4.69, 9.17) is 34.0 Å². The molecule has 0 bridgehead atoms. The number of carboxylic acid groups (broad SMARTS) is 2. The maximum Gasteiger partial charge on any atom is 0.414 e. The van der Waals surface area contributed by atoms with Gasteiger partial charge in [-0.1, -0.05) is 6.08 Å². The Morgan fingerprint density at radius 3 is 2.26 bits per heavy atom. The zero-order valence-corrected chi connectivity index (χ0v) is 15.9. The van der Waals surface area contributed by atoms with Gasteiger partial charge in [0.15, 0.2) is 0 Å². The molecule has 0 aromatic heterocycles. The van der Waals surface area contributed by atoms with Gasteiger partial charge in [-0.15, -0.1) is 6.58 Å². The molecule has 0 fully saturated rings. The molecule has 1 aromatic carbocycles. The minimum absolute atomic E-state index is 0.702. The molecule has 0 unspecified atom stereocenters. The summed E-state index contributed by atoms with van der Waals surface area (Å²) in [5.41, 5.74) is 1.11. The first kappa shape index (κ1) is 24.4. The largest absolute Gasteiger partial charge is 0.497 e. The standard InChI is InChI=1S/C17H27NO3.C2H2O4/c1-4-7-15-14-16(20-3)8-9-17(15)21-13-6-11-18-10-5-12-19-2;3-1(4)2(5)6/h4,8-9,14,18H,1,5-7,10-13H2,2-3H3;(H,3,4)(H,5,6). The van der Waals surface area contributed by atoms with E-state index in [1.165, 1.54) is 0 Å². The number of ether oxygens (including phenoxy) is 3. The Hall–Kier alpha value is -2.58. The Labute approximate surface area is 159 Å². The van der Waals surface area contributed by atoms with Crippen molar-refractivity contribution in [1.82, 2.24) is 5.32 Å². The first-order valence-electron chi connectivity index (χ1n) is 8.52. The van der Waals surface area contributed by atoms with E-state index in [-0.39, 0.29) is 0 Å². The Morgan fingerprint density at radius 1 is 1.11 bits per heavy atom. The van der Waals surface area contributed by atoms with Gasteiger partial charge in [0.2, 0.25) is 0 Å². The molecule has 8 nitrogen and oxygen atoms in total. The fraction of sp³-hybridized carbons (Fsp3) is 0.474. The van der Waals surface area contributed by atoms with Crippen LogP contribution in [0, 0.1) is 0 Å². The summed E-state index contributed by atoms with van der Waals surface area (Å²) in [6, 6.07) is 5.88. The highest BCUT2D eigenvalue weighted by Crippen LogP contribution is 2.25. The molecule has 152 valence electrons. The second-order valence-corrected chi connectivity index (χ2v) is 5.38. The first-order valence-corrected chi connectivity index (χ1v) is 8.52. The van der Waals surface area contributed by atoms with E-state index in [1.54, 1.807) is 14.2 Å². The normalized spacial score (nSPS) is 9.70. The van der Waals surface area contributed by atoms with Crippen molar-refractivity contribution < 1.29 is 34.0 Å². The molecule has 0 radical (unpaired) electrons. The second kappa shape index (κ2) is 15.7. The lowest BCUT2D eigenvalue weighted by Gasteiger charge is -2.12. The van der Waals surface area contributed by atoms with E-state index < -0.39 is 11.9 Å². The van der Waals surface area contributed by atoms with E-state index in [0.717, 1.165) is 56.0 Å². The number of hydrogen-bond donors (Lipinski definition) is 3. The number of carbonyl (C=O) groups is 2. The molecule has 0 aliphatic heterocycles. The zero-order chi connectivity index (χ0) is 20.5. The molecule has 0 aliphatic rings. The van der Waals surface area contributed by atoms with Gasteiger partial charge in [0.25, 0.3) is 0 Å². The van der Waals surface area contributed by atoms with E-state index in [9.17, 15) is 0 Å². The molecule has 8 heteroatoms.